The molecule has 2 aromatic carbocycles. The molecule has 94 valence electrons. The van der Waals surface area contributed by atoms with Gasteiger partial charge in [0.2, 0.25) is 0 Å². The van der Waals surface area contributed by atoms with E-state index in [4.69, 9.17) is 11.6 Å². The average Bonchev–Trinajstić information content (AvgIpc) is 2.42. The first-order chi connectivity index (χ1) is 8.78. The Bertz CT molecular complexity index is 470. The van der Waals surface area contributed by atoms with E-state index in [1.54, 1.807) is 11.8 Å². The third-order valence-electron chi connectivity index (χ3n) is 2.55. The summed E-state index contributed by atoms with van der Waals surface area (Å²) in [5.41, 5.74) is 1.11. The van der Waals surface area contributed by atoms with Gasteiger partial charge in [-0.1, -0.05) is 42.1 Å². The molecule has 0 heterocycles. The first kappa shape index (κ1) is 13.5. The van der Waals surface area contributed by atoms with E-state index in [0.717, 1.165) is 5.56 Å². The SMILES string of the molecule is OC(CCl)Cc1ccc(Sc2ccccc2)cc1. The van der Waals surface area contributed by atoms with Crippen LogP contribution in [0, 0.1) is 0 Å². The molecule has 0 amide bonds. The van der Waals surface area contributed by atoms with E-state index in [1.807, 2.05) is 30.3 Å². The molecule has 0 saturated heterocycles. The summed E-state index contributed by atoms with van der Waals surface area (Å²) in [6.45, 7) is 0. The molecule has 0 aliphatic rings. The smallest absolute Gasteiger partial charge is 0.0715 e. The van der Waals surface area contributed by atoms with Crippen LogP contribution in [0.3, 0.4) is 0 Å². The highest BCUT2D eigenvalue weighted by Gasteiger charge is 2.04. The summed E-state index contributed by atoms with van der Waals surface area (Å²) >= 11 is 7.32. The van der Waals surface area contributed by atoms with Crippen LogP contribution >= 0.6 is 23.4 Å². The Labute approximate surface area is 117 Å². The second-order valence-corrected chi connectivity index (χ2v) is 5.53. The maximum absolute atomic E-state index is 9.48. The van der Waals surface area contributed by atoms with Crippen molar-refractivity contribution >= 4 is 23.4 Å². The molecule has 1 N–H and O–H groups in total. The van der Waals surface area contributed by atoms with Crippen molar-refractivity contribution in [3.8, 4) is 0 Å². The van der Waals surface area contributed by atoms with Gasteiger partial charge in [-0.3, -0.25) is 0 Å². The van der Waals surface area contributed by atoms with Crippen LogP contribution < -0.4 is 0 Å². The van der Waals surface area contributed by atoms with Crippen LogP contribution in [0.25, 0.3) is 0 Å². The zero-order valence-corrected chi connectivity index (χ0v) is 11.5. The highest BCUT2D eigenvalue weighted by atomic mass is 35.5. The first-order valence-electron chi connectivity index (χ1n) is 5.84. The molecule has 1 unspecified atom stereocenters. The summed E-state index contributed by atoms with van der Waals surface area (Å²) in [5, 5.41) is 9.48. The molecule has 0 aliphatic carbocycles. The van der Waals surface area contributed by atoms with Crippen LogP contribution in [-0.2, 0) is 6.42 Å². The van der Waals surface area contributed by atoms with E-state index in [2.05, 4.69) is 24.3 Å². The molecule has 0 aromatic heterocycles. The van der Waals surface area contributed by atoms with Gasteiger partial charge in [-0.25, -0.2) is 0 Å². The molecular formula is C15H15ClOS. The maximum atomic E-state index is 9.48. The Morgan fingerprint density at radius 1 is 0.944 bits per heavy atom. The van der Waals surface area contributed by atoms with Crippen LogP contribution in [0.1, 0.15) is 5.56 Å². The lowest BCUT2D eigenvalue weighted by Gasteiger charge is -2.07. The lowest BCUT2D eigenvalue weighted by atomic mass is 10.1. The highest BCUT2D eigenvalue weighted by molar-refractivity contribution is 7.99. The number of hydrogen-bond donors (Lipinski definition) is 1. The van der Waals surface area contributed by atoms with Crippen LogP contribution in [0.4, 0.5) is 0 Å². The van der Waals surface area contributed by atoms with Gasteiger partial charge in [0.25, 0.3) is 0 Å². The van der Waals surface area contributed by atoms with Crippen LogP contribution in [0.2, 0.25) is 0 Å². The fraction of sp³-hybridized carbons (Fsp3) is 0.200. The van der Waals surface area contributed by atoms with E-state index < -0.39 is 6.10 Å². The normalized spacial score (nSPS) is 12.3. The van der Waals surface area contributed by atoms with E-state index in [0.29, 0.717) is 6.42 Å². The minimum Gasteiger partial charge on any atom is -0.392 e. The zero-order chi connectivity index (χ0) is 12.8. The predicted molar refractivity (Wildman–Crippen MR) is 77.4 cm³/mol. The van der Waals surface area contributed by atoms with Crippen LogP contribution in [0.15, 0.2) is 64.4 Å². The van der Waals surface area contributed by atoms with Gasteiger partial charge >= 0.3 is 0 Å². The van der Waals surface area contributed by atoms with Crippen molar-refractivity contribution in [1.29, 1.82) is 0 Å². The Hall–Kier alpha value is -0.960. The van der Waals surface area contributed by atoms with E-state index in [9.17, 15) is 5.11 Å². The van der Waals surface area contributed by atoms with Gasteiger partial charge in [0.15, 0.2) is 0 Å². The second-order valence-electron chi connectivity index (χ2n) is 4.07. The molecule has 1 atom stereocenters. The molecule has 2 rings (SSSR count). The first-order valence-corrected chi connectivity index (χ1v) is 7.19. The summed E-state index contributed by atoms with van der Waals surface area (Å²) in [7, 11) is 0. The Kier molecular flexibility index (Phi) is 5.12. The molecule has 18 heavy (non-hydrogen) atoms. The molecular weight excluding hydrogens is 264 g/mol. The number of alkyl halides is 1. The van der Waals surface area contributed by atoms with Gasteiger partial charge in [-0.05, 0) is 36.2 Å². The molecule has 1 nitrogen and oxygen atoms in total. The quantitative estimate of drug-likeness (QED) is 0.835. The number of halogens is 1. The van der Waals surface area contributed by atoms with Crippen LogP contribution in [-0.4, -0.2) is 17.1 Å². The Balaban J connectivity index is 2.00. The van der Waals surface area contributed by atoms with E-state index in [-0.39, 0.29) is 5.88 Å². The highest BCUT2D eigenvalue weighted by Crippen LogP contribution is 2.27. The topological polar surface area (TPSA) is 20.2 Å². The monoisotopic (exact) mass is 278 g/mol. The van der Waals surface area contributed by atoms with Crippen molar-refractivity contribution < 1.29 is 5.11 Å². The van der Waals surface area contributed by atoms with Gasteiger partial charge < -0.3 is 5.11 Å². The summed E-state index contributed by atoms with van der Waals surface area (Å²) in [6, 6.07) is 18.5. The van der Waals surface area contributed by atoms with Crippen molar-refractivity contribution in [3.05, 3.63) is 60.2 Å². The molecule has 3 heteroatoms. The summed E-state index contributed by atoms with van der Waals surface area (Å²) in [4.78, 5) is 2.43. The van der Waals surface area contributed by atoms with Crippen molar-refractivity contribution in [2.24, 2.45) is 0 Å². The zero-order valence-electron chi connectivity index (χ0n) is 9.92. The van der Waals surface area contributed by atoms with Crippen molar-refractivity contribution in [2.45, 2.75) is 22.3 Å². The third-order valence-corrected chi connectivity index (χ3v) is 3.92. The van der Waals surface area contributed by atoms with Crippen molar-refractivity contribution in [3.63, 3.8) is 0 Å². The lowest BCUT2D eigenvalue weighted by Crippen LogP contribution is -2.11. The largest absolute Gasteiger partial charge is 0.392 e. The predicted octanol–water partition coefficient (Wildman–Crippen LogP) is 3.98. The second kappa shape index (κ2) is 6.83. The van der Waals surface area contributed by atoms with Gasteiger partial charge in [0.05, 0.1) is 6.10 Å². The van der Waals surface area contributed by atoms with E-state index >= 15 is 0 Å². The number of benzene rings is 2. The lowest BCUT2D eigenvalue weighted by molar-refractivity contribution is 0.198. The van der Waals surface area contributed by atoms with Gasteiger partial charge in [0.1, 0.15) is 0 Å². The maximum Gasteiger partial charge on any atom is 0.0715 e. The minimum absolute atomic E-state index is 0.278. The van der Waals surface area contributed by atoms with Gasteiger partial charge in [-0.15, -0.1) is 11.6 Å². The molecule has 2 aromatic rings. The molecule has 0 radical (unpaired) electrons. The van der Waals surface area contributed by atoms with Gasteiger partial charge in [0, 0.05) is 15.7 Å². The van der Waals surface area contributed by atoms with Gasteiger partial charge in [-0.2, -0.15) is 0 Å². The van der Waals surface area contributed by atoms with Crippen LogP contribution in [0.5, 0.6) is 0 Å². The molecule has 0 fully saturated rings. The summed E-state index contributed by atoms with van der Waals surface area (Å²) in [5.74, 6) is 0.278. The third kappa shape index (κ3) is 4.05. The van der Waals surface area contributed by atoms with Crippen molar-refractivity contribution in [1.82, 2.24) is 0 Å². The number of hydrogen-bond acceptors (Lipinski definition) is 2. The molecule has 0 aliphatic heterocycles. The standard InChI is InChI=1S/C15H15ClOS/c16-11-13(17)10-12-6-8-15(9-7-12)18-14-4-2-1-3-5-14/h1-9,13,17H,10-11H2. The van der Waals surface area contributed by atoms with E-state index in [1.165, 1.54) is 9.79 Å². The minimum atomic E-state index is -0.459. The molecule has 0 spiro atoms. The summed E-state index contributed by atoms with van der Waals surface area (Å²) < 4.78 is 0. The fourth-order valence-electron chi connectivity index (χ4n) is 1.64. The number of aliphatic hydroxyl groups excluding tert-OH is 1. The fourth-order valence-corrected chi connectivity index (χ4v) is 2.59. The Morgan fingerprint density at radius 3 is 2.17 bits per heavy atom. The van der Waals surface area contributed by atoms with Crippen molar-refractivity contribution in [2.75, 3.05) is 5.88 Å². The molecule has 0 bridgehead atoms. The molecule has 0 saturated carbocycles. The Morgan fingerprint density at radius 2 is 1.56 bits per heavy atom. The average molecular weight is 279 g/mol. The number of rotatable bonds is 5. The summed E-state index contributed by atoms with van der Waals surface area (Å²) in [6.07, 6.45) is 0.152. The number of aliphatic hydroxyl groups is 1.